The molecular formula is C13H8Cl2FN3. The number of H-pyrrole nitrogens is 1. The number of anilines is 2. The van der Waals surface area contributed by atoms with Gasteiger partial charge in [0.25, 0.3) is 0 Å². The van der Waals surface area contributed by atoms with E-state index in [4.69, 9.17) is 23.2 Å². The van der Waals surface area contributed by atoms with Crippen molar-refractivity contribution in [1.29, 1.82) is 0 Å². The molecule has 6 heteroatoms. The molecule has 3 aromatic rings. The standard InChI is InChI=1S/C13H8Cl2FN3/c14-7-3-1-4-8(15)11(7)18-13-17-10-6-2-5-9(16)12(10)19-13/h1-6H,(H2,17,18,19). The highest BCUT2D eigenvalue weighted by Gasteiger charge is 2.10. The van der Waals surface area contributed by atoms with Crippen LogP contribution in [0.5, 0.6) is 0 Å². The molecule has 0 atom stereocenters. The lowest BCUT2D eigenvalue weighted by Crippen LogP contribution is -1.94. The normalized spacial score (nSPS) is 10.9. The molecule has 3 rings (SSSR count). The number of aromatic nitrogens is 2. The van der Waals surface area contributed by atoms with E-state index in [0.29, 0.717) is 27.2 Å². The number of fused-ring (bicyclic) bond motifs is 1. The number of nitrogens with one attached hydrogen (secondary N) is 2. The molecular weight excluding hydrogens is 288 g/mol. The Hall–Kier alpha value is -1.78. The molecule has 0 aliphatic heterocycles. The van der Waals surface area contributed by atoms with Gasteiger partial charge in [0.05, 0.1) is 21.2 Å². The summed E-state index contributed by atoms with van der Waals surface area (Å²) in [6, 6.07) is 9.87. The number of hydrogen-bond donors (Lipinski definition) is 2. The first-order chi connectivity index (χ1) is 9.15. The van der Waals surface area contributed by atoms with Gasteiger partial charge in [-0.2, -0.15) is 0 Å². The van der Waals surface area contributed by atoms with Gasteiger partial charge in [0.1, 0.15) is 5.52 Å². The van der Waals surface area contributed by atoms with Crippen molar-refractivity contribution in [2.24, 2.45) is 0 Å². The van der Waals surface area contributed by atoms with Gasteiger partial charge in [-0.3, -0.25) is 0 Å². The molecule has 0 saturated heterocycles. The maximum Gasteiger partial charge on any atom is 0.205 e. The largest absolute Gasteiger partial charge is 0.324 e. The van der Waals surface area contributed by atoms with Gasteiger partial charge >= 0.3 is 0 Å². The van der Waals surface area contributed by atoms with Crippen molar-refractivity contribution >= 4 is 45.9 Å². The Morgan fingerprint density at radius 2 is 1.74 bits per heavy atom. The van der Waals surface area contributed by atoms with Crippen LogP contribution in [0.1, 0.15) is 0 Å². The average molecular weight is 296 g/mol. The molecule has 0 bridgehead atoms. The molecule has 0 radical (unpaired) electrons. The van der Waals surface area contributed by atoms with E-state index < -0.39 is 0 Å². The van der Waals surface area contributed by atoms with Crippen LogP contribution in [0, 0.1) is 5.82 Å². The van der Waals surface area contributed by atoms with E-state index in [1.54, 1.807) is 30.3 Å². The Morgan fingerprint density at radius 3 is 2.42 bits per heavy atom. The van der Waals surface area contributed by atoms with Gasteiger partial charge < -0.3 is 10.3 Å². The summed E-state index contributed by atoms with van der Waals surface area (Å²) in [5.74, 6) is 0.00200. The van der Waals surface area contributed by atoms with Crippen LogP contribution in [0.2, 0.25) is 10.0 Å². The molecule has 2 aromatic carbocycles. The zero-order valence-electron chi connectivity index (χ0n) is 9.55. The van der Waals surface area contributed by atoms with Gasteiger partial charge in [-0.15, -0.1) is 0 Å². The number of benzene rings is 2. The third kappa shape index (κ3) is 2.25. The molecule has 3 nitrogen and oxygen atoms in total. The molecule has 0 fully saturated rings. The highest BCUT2D eigenvalue weighted by molar-refractivity contribution is 6.39. The number of para-hydroxylation sites is 2. The van der Waals surface area contributed by atoms with Crippen molar-refractivity contribution in [3.63, 3.8) is 0 Å². The number of hydrogen-bond acceptors (Lipinski definition) is 2. The minimum atomic E-state index is -0.382. The quantitative estimate of drug-likeness (QED) is 0.716. The van der Waals surface area contributed by atoms with Crippen molar-refractivity contribution in [1.82, 2.24) is 9.97 Å². The van der Waals surface area contributed by atoms with E-state index >= 15 is 0 Å². The summed E-state index contributed by atoms with van der Waals surface area (Å²) < 4.78 is 13.5. The van der Waals surface area contributed by atoms with Gasteiger partial charge in [-0.1, -0.05) is 35.3 Å². The lowest BCUT2D eigenvalue weighted by atomic mass is 10.3. The summed E-state index contributed by atoms with van der Waals surface area (Å²) in [5.41, 5.74) is 1.41. The SMILES string of the molecule is Fc1cccc2[nH]c(Nc3c(Cl)cccc3Cl)nc12. The zero-order chi connectivity index (χ0) is 13.4. The molecule has 19 heavy (non-hydrogen) atoms. The summed E-state index contributed by atoms with van der Waals surface area (Å²) in [7, 11) is 0. The fourth-order valence-electron chi connectivity index (χ4n) is 1.79. The van der Waals surface area contributed by atoms with Crippen LogP contribution in [0.25, 0.3) is 11.0 Å². The van der Waals surface area contributed by atoms with Crippen LogP contribution in [0.15, 0.2) is 36.4 Å². The van der Waals surface area contributed by atoms with Crippen LogP contribution in [0.3, 0.4) is 0 Å². The number of imidazole rings is 1. The molecule has 1 heterocycles. The lowest BCUT2D eigenvalue weighted by Gasteiger charge is -2.06. The Bertz CT molecular complexity index is 734. The number of halogens is 3. The van der Waals surface area contributed by atoms with Crippen molar-refractivity contribution < 1.29 is 4.39 Å². The topological polar surface area (TPSA) is 40.7 Å². The molecule has 0 saturated carbocycles. The van der Waals surface area contributed by atoms with Crippen molar-refractivity contribution in [2.75, 3.05) is 5.32 Å². The summed E-state index contributed by atoms with van der Waals surface area (Å²) in [4.78, 5) is 7.09. The highest BCUT2D eigenvalue weighted by Crippen LogP contribution is 2.32. The number of aromatic amines is 1. The van der Waals surface area contributed by atoms with E-state index in [-0.39, 0.29) is 11.3 Å². The first-order valence-corrected chi connectivity index (χ1v) is 6.26. The van der Waals surface area contributed by atoms with Gasteiger partial charge in [-0.25, -0.2) is 9.37 Å². The zero-order valence-corrected chi connectivity index (χ0v) is 11.1. The maximum atomic E-state index is 13.5. The molecule has 0 aliphatic carbocycles. The second-order valence-electron chi connectivity index (χ2n) is 3.94. The molecule has 2 N–H and O–H groups in total. The van der Waals surface area contributed by atoms with Gasteiger partial charge in [0.15, 0.2) is 5.82 Å². The molecule has 1 aromatic heterocycles. The summed E-state index contributed by atoms with van der Waals surface area (Å²) in [6.45, 7) is 0. The maximum absolute atomic E-state index is 13.5. The third-order valence-electron chi connectivity index (χ3n) is 2.67. The van der Waals surface area contributed by atoms with Crippen molar-refractivity contribution in [3.8, 4) is 0 Å². The van der Waals surface area contributed by atoms with Gasteiger partial charge in [0.2, 0.25) is 5.95 Å². The minimum Gasteiger partial charge on any atom is -0.324 e. The Morgan fingerprint density at radius 1 is 1.05 bits per heavy atom. The molecule has 0 amide bonds. The van der Waals surface area contributed by atoms with Gasteiger partial charge in [-0.05, 0) is 24.3 Å². The van der Waals surface area contributed by atoms with Crippen molar-refractivity contribution in [2.45, 2.75) is 0 Å². The molecule has 96 valence electrons. The predicted octanol–water partition coefficient (Wildman–Crippen LogP) is 4.75. The number of rotatable bonds is 2. The highest BCUT2D eigenvalue weighted by atomic mass is 35.5. The van der Waals surface area contributed by atoms with Gasteiger partial charge in [0, 0.05) is 0 Å². The van der Waals surface area contributed by atoms with Crippen LogP contribution >= 0.6 is 23.2 Å². The first kappa shape index (κ1) is 12.3. The molecule has 0 unspecified atom stereocenters. The fraction of sp³-hybridized carbons (Fsp3) is 0. The first-order valence-electron chi connectivity index (χ1n) is 5.50. The second kappa shape index (κ2) is 4.72. The van der Waals surface area contributed by atoms with Crippen molar-refractivity contribution in [3.05, 3.63) is 52.3 Å². The second-order valence-corrected chi connectivity index (χ2v) is 4.76. The van der Waals surface area contributed by atoms with E-state index in [1.165, 1.54) is 6.07 Å². The smallest absolute Gasteiger partial charge is 0.205 e. The van der Waals surface area contributed by atoms with E-state index in [0.717, 1.165) is 0 Å². The monoisotopic (exact) mass is 295 g/mol. The average Bonchev–Trinajstić information content (AvgIpc) is 2.78. The van der Waals surface area contributed by atoms with E-state index in [2.05, 4.69) is 15.3 Å². The van der Waals surface area contributed by atoms with Crippen LogP contribution in [0.4, 0.5) is 16.0 Å². The van der Waals surface area contributed by atoms with E-state index in [9.17, 15) is 4.39 Å². The minimum absolute atomic E-state index is 0.271. The van der Waals surface area contributed by atoms with Crippen LogP contribution in [-0.4, -0.2) is 9.97 Å². The summed E-state index contributed by atoms with van der Waals surface area (Å²) in [5, 5.41) is 3.89. The molecule has 0 aliphatic rings. The third-order valence-corrected chi connectivity index (χ3v) is 3.30. The fourth-order valence-corrected chi connectivity index (χ4v) is 2.28. The summed E-state index contributed by atoms with van der Waals surface area (Å²) >= 11 is 12.1. The van der Waals surface area contributed by atoms with Crippen LogP contribution in [-0.2, 0) is 0 Å². The Balaban J connectivity index is 2.04. The molecule has 0 spiro atoms. The van der Waals surface area contributed by atoms with Crippen LogP contribution < -0.4 is 5.32 Å². The summed E-state index contributed by atoms with van der Waals surface area (Å²) in [6.07, 6.45) is 0. The number of nitrogens with zero attached hydrogens (tertiary/aromatic N) is 1. The Kier molecular flexibility index (Phi) is 3.05. The van der Waals surface area contributed by atoms with E-state index in [1.807, 2.05) is 0 Å². The predicted molar refractivity (Wildman–Crippen MR) is 75.8 cm³/mol. The Labute approximate surface area is 118 Å². The lowest BCUT2D eigenvalue weighted by molar-refractivity contribution is 0.637.